The summed E-state index contributed by atoms with van der Waals surface area (Å²) < 4.78 is 6.46. The second-order valence-corrected chi connectivity index (χ2v) is 10.4. The van der Waals surface area contributed by atoms with E-state index in [1.165, 1.54) is 76.1 Å². The molecule has 180 valence electrons. The number of furan rings is 1. The Kier molecular flexibility index (Phi) is 4.11. The van der Waals surface area contributed by atoms with Gasteiger partial charge in [-0.05, 0) is 77.5 Å². The number of rotatable bonds is 2. The topological polar surface area (TPSA) is 13.1 Å². The Morgan fingerprint density at radius 2 is 1.00 bits per heavy atom. The second-order valence-electron chi connectivity index (χ2n) is 10.4. The predicted molar refractivity (Wildman–Crippen MR) is 166 cm³/mol. The summed E-state index contributed by atoms with van der Waals surface area (Å²) in [6, 6.07) is 48.3. The molecule has 9 rings (SSSR count). The van der Waals surface area contributed by atoms with Gasteiger partial charge in [-0.25, -0.2) is 0 Å². The Balaban J connectivity index is 1.48. The van der Waals surface area contributed by atoms with Crippen molar-refractivity contribution in [2.75, 3.05) is 0 Å². The zero-order valence-electron chi connectivity index (χ0n) is 21.1. The van der Waals surface area contributed by atoms with E-state index in [1.807, 2.05) is 0 Å². The van der Waals surface area contributed by atoms with Crippen molar-refractivity contribution in [2.24, 2.45) is 0 Å². The summed E-state index contributed by atoms with van der Waals surface area (Å²) in [5.41, 5.74) is 6.94. The maximum Gasteiger partial charge on any atom is 0.136 e. The van der Waals surface area contributed by atoms with Crippen molar-refractivity contribution in [2.45, 2.75) is 0 Å². The standard InChI is InChI=1S/C38H22O/c1-2-10-23(11-3-1)35-26-13-4-6-15-28(26)37(29-16-7-5-14-27(29)35)30-18-9-17-25-31-21-20-24-12-8-19-33-36(24)38(31)34(39-33)22-32(25)30/h1-22H. The number of fused-ring (bicyclic) bond motifs is 4. The van der Waals surface area contributed by atoms with Crippen molar-refractivity contribution in [3.05, 3.63) is 133 Å². The van der Waals surface area contributed by atoms with Gasteiger partial charge in [-0.2, -0.15) is 0 Å². The van der Waals surface area contributed by atoms with Crippen LogP contribution in [0.2, 0.25) is 0 Å². The Bertz CT molecular complexity index is 2320. The van der Waals surface area contributed by atoms with Crippen molar-refractivity contribution in [1.82, 2.24) is 0 Å². The molecule has 1 aromatic heterocycles. The molecule has 0 fully saturated rings. The van der Waals surface area contributed by atoms with E-state index in [1.54, 1.807) is 0 Å². The van der Waals surface area contributed by atoms with Gasteiger partial charge in [-0.1, -0.05) is 121 Å². The van der Waals surface area contributed by atoms with Gasteiger partial charge in [0.05, 0.1) is 0 Å². The summed E-state index contributed by atoms with van der Waals surface area (Å²) in [6.07, 6.45) is 0. The van der Waals surface area contributed by atoms with Gasteiger partial charge in [0.1, 0.15) is 11.2 Å². The molecule has 0 N–H and O–H groups in total. The zero-order chi connectivity index (χ0) is 25.5. The molecule has 1 heterocycles. The van der Waals surface area contributed by atoms with E-state index in [-0.39, 0.29) is 0 Å². The second kappa shape index (κ2) is 7.69. The molecule has 9 aromatic rings. The molecular weight excluding hydrogens is 472 g/mol. The maximum absolute atomic E-state index is 6.46. The molecule has 0 aliphatic carbocycles. The fraction of sp³-hybridized carbons (Fsp3) is 0. The minimum Gasteiger partial charge on any atom is -0.456 e. The normalized spacial score (nSPS) is 12.1. The van der Waals surface area contributed by atoms with Crippen molar-refractivity contribution in [3.8, 4) is 22.3 Å². The Morgan fingerprint density at radius 3 is 1.74 bits per heavy atom. The predicted octanol–water partition coefficient (Wildman–Crippen LogP) is 11.0. The molecule has 8 aromatic carbocycles. The highest BCUT2D eigenvalue weighted by molar-refractivity contribution is 6.30. The molecule has 0 radical (unpaired) electrons. The number of benzene rings is 8. The fourth-order valence-electron chi connectivity index (χ4n) is 6.82. The minimum atomic E-state index is 0.950. The third-order valence-electron chi connectivity index (χ3n) is 8.41. The molecule has 0 aliphatic rings. The van der Waals surface area contributed by atoms with Gasteiger partial charge in [-0.3, -0.25) is 0 Å². The first kappa shape index (κ1) is 20.9. The smallest absolute Gasteiger partial charge is 0.136 e. The Hall–Kier alpha value is -5.14. The summed E-state index contributed by atoms with van der Waals surface area (Å²) in [6.45, 7) is 0. The molecule has 39 heavy (non-hydrogen) atoms. The molecule has 0 bridgehead atoms. The molecule has 1 heteroatoms. The lowest BCUT2D eigenvalue weighted by Crippen LogP contribution is -1.91. The van der Waals surface area contributed by atoms with Gasteiger partial charge in [0.15, 0.2) is 0 Å². The molecule has 0 saturated carbocycles. The lowest BCUT2D eigenvalue weighted by atomic mass is 9.84. The fourth-order valence-corrected chi connectivity index (χ4v) is 6.82. The van der Waals surface area contributed by atoms with Crippen LogP contribution in [0.3, 0.4) is 0 Å². The maximum atomic E-state index is 6.46. The van der Waals surface area contributed by atoms with E-state index in [2.05, 4.69) is 133 Å². The van der Waals surface area contributed by atoms with Gasteiger partial charge < -0.3 is 4.42 Å². The molecule has 1 nitrogen and oxygen atoms in total. The van der Waals surface area contributed by atoms with Crippen LogP contribution in [0.25, 0.3) is 87.3 Å². The highest BCUT2D eigenvalue weighted by Gasteiger charge is 2.20. The molecule has 0 atom stereocenters. The Morgan fingerprint density at radius 1 is 0.359 bits per heavy atom. The molecule has 0 aliphatic heterocycles. The van der Waals surface area contributed by atoms with Crippen LogP contribution in [0, 0.1) is 0 Å². The molecule has 0 spiro atoms. The minimum absolute atomic E-state index is 0.950. The van der Waals surface area contributed by atoms with Crippen LogP contribution in [-0.2, 0) is 0 Å². The average molecular weight is 495 g/mol. The first-order chi connectivity index (χ1) is 19.4. The third-order valence-corrected chi connectivity index (χ3v) is 8.41. The molecule has 0 amide bonds. The van der Waals surface area contributed by atoms with Gasteiger partial charge in [0, 0.05) is 10.8 Å². The van der Waals surface area contributed by atoms with Crippen LogP contribution in [0.5, 0.6) is 0 Å². The van der Waals surface area contributed by atoms with Gasteiger partial charge in [0.25, 0.3) is 0 Å². The van der Waals surface area contributed by atoms with Crippen LogP contribution >= 0.6 is 0 Å². The van der Waals surface area contributed by atoms with Gasteiger partial charge in [-0.15, -0.1) is 0 Å². The monoisotopic (exact) mass is 494 g/mol. The first-order valence-electron chi connectivity index (χ1n) is 13.4. The van der Waals surface area contributed by atoms with Gasteiger partial charge in [0.2, 0.25) is 0 Å². The quantitative estimate of drug-likeness (QED) is 0.172. The highest BCUT2D eigenvalue weighted by atomic mass is 16.3. The summed E-state index contributed by atoms with van der Waals surface area (Å²) in [7, 11) is 0. The summed E-state index contributed by atoms with van der Waals surface area (Å²) in [5, 5.41) is 12.5. The van der Waals surface area contributed by atoms with Crippen LogP contribution in [0.15, 0.2) is 138 Å². The highest BCUT2D eigenvalue weighted by Crippen LogP contribution is 2.47. The lowest BCUT2D eigenvalue weighted by Gasteiger charge is -2.19. The summed E-state index contributed by atoms with van der Waals surface area (Å²) in [5.74, 6) is 0. The Labute approximate surface area is 224 Å². The summed E-state index contributed by atoms with van der Waals surface area (Å²) in [4.78, 5) is 0. The average Bonchev–Trinajstić information content (AvgIpc) is 3.38. The van der Waals surface area contributed by atoms with E-state index in [4.69, 9.17) is 4.42 Å². The van der Waals surface area contributed by atoms with Crippen LogP contribution in [0.4, 0.5) is 0 Å². The van der Waals surface area contributed by atoms with Crippen molar-refractivity contribution >= 4 is 65.0 Å². The van der Waals surface area contributed by atoms with Crippen molar-refractivity contribution < 1.29 is 4.42 Å². The van der Waals surface area contributed by atoms with E-state index in [9.17, 15) is 0 Å². The molecule has 0 saturated heterocycles. The SMILES string of the molecule is c1ccc(-c2c3ccccc3c(-c3cccc4c3cc3oc5cccc6ccc4c3c65)c3ccccc23)cc1. The van der Waals surface area contributed by atoms with E-state index in [0.29, 0.717) is 0 Å². The molecule has 0 unspecified atom stereocenters. The van der Waals surface area contributed by atoms with Crippen molar-refractivity contribution in [1.29, 1.82) is 0 Å². The third kappa shape index (κ3) is 2.79. The lowest BCUT2D eigenvalue weighted by molar-refractivity contribution is 0.670. The largest absolute Gasteiger partial charge is 0.456 e. The number of hydrogen-bond acceptors (Lipinski definition) is 1. The van der Waals surface area contributed by atoms with Gasteiger partial charge >= 0.3 is 0 Å². The number of hydrogen-bond donors (Lipinski definition) is 0. The first-order valence-corrected chi connectivity index (χ1v) is 13.4. The van der Waals surface area contributed by atoms with E-state index >= 15 is 0 Å². The zero-order valence-corrected chi connectivity index (χ0v) is 21.1. The summed E-state index contributed by atoms with van der Waals surface area (Å²) >= 11 is 0. The molecular formula is C38H22O. The van der Waals surface area contributed by atoms with Crippen LogP contribution < -0.4 is 0 Å². The van der Waals surface area contributed by atoms with E-state index in [0.717, 1.165) is 11.2 Å². The van der Waals surface area contributed by atoms with E-state index < -0.39 is 0 Å². The van der Waals surface area contributed by atoms with Crippen LogP contribution in [0.1, 0.15) is 0 Å². The van der Waals surface area contributed by atoms with Crippen LogP contribution in [-0.4, -0.2) is 0 Å². The van der Waals surface area contributed by atoms with Crippen molar-refractivity contribution in [3.63, 3.8) is 0 Å².